The Morgan fingerprint density at radius 3 is 2.86 bits per heavy atom. The fraction of sp³-hybridized carbons (Fsp3) is 0.565. The summed E-state index contributed by atoms with van der Waals surface area (Å²) in [5.74, 6) is 0.753. The molecule has 0 radical (unpaired) electrons. The van der Waals surface area contributed by atoms with Gasteiger partial charge in [-0.15, -0.1) is 0 Å². The number of amides is 1. The number of aliphatic hydroxyl groups excluding tert-OH is 1. The van der Waals surface area contributed by atoms with E-state index in [0.29, 0.717) is 4.32 Å². The van der Waals surface area contributed by atoms with Gasteiger partial charge in [0.15, 0.2) is 0 Å². The second-order valence-corrected chi connectivity index (χ2v) is 12.4. The molecule has 160 valence electrons. The van der Waals surface area contributed by atoms with Gasteiger partial charge in [-0.3, -0.25) is 9.69 Å². The summed E-state index contributed by atoms with van der Waals surface area (Å²) in [6.07, 6.45) is 8.73. The lowest BCUT2D eigenvalue weighted by Crippen LogP contribution is -2.41. The molecule has 2 rings (SSSR count). The molecule has 3 atom stereocenters. The lowest BCUT2D eigenvalue weighted by molar-refractivity contribution is -0.129. The summed E-state index contributed by atoms with van der Waals surface area (Å²) < 4.78 is 0.637. The standard InChI is InChI=1S/C23H35NO2S2Si/c1-3-18(2)29-14-10-5-4-9-13-21(25)16-22(26)24-20(17-28-23(24)27)15-19-11-7-6-8-12-19/h6-9,11-13,18,20-21,25H,3-5,10,14-17,29H2,1-2H3. The number of thioether (sulfide) groups is 1. The number of nitrogens with zero attached hydrogens (tertiary/aromatic N) is 1. The third-order valence-electron chi connectivity index (χ3n) is 5.55. The van der Waals surface area contributed by atoms with Crippen molar-refractivity contribution >= 4 is 43.7 Å². The van der Waals surface area contributed by atoms with Crippen LogP contribution in [0.15, 0.2) is 42.5 Å². The van der Waals surface area contributed by atoms with Gasteiger partial charge < -0.3 is 5.11 Å². The Morgan fingerprint density at radius 1 is 1.38 bits per heavy atom. The van der Waals surface area contributed by atoms with Crippen molar-refractivity contribution in [2.24, 2.45) is 0 Å². The van der Waals surface area contributed by atoms with Crippen LogP contribution in [0.2, 0.25) is 11.6 Å². The number of thiocarbonyl (C=S) groups is 1. The highest BCUT2D eigenvalue weighted by Crippen LogP contribution is 2.28. The van der Waals surface area contributed by atoms with E-state index in [1.54, 1.807) is 22.7 Å². The number of aliphatic hydroxyl groups is 1. The van der Waals surface area contributed by atoms with Crippen molar-refractivity contribution in [2.45, 2.75) is 76.1 Å². The van der Waals surface area contributed by atoms with Crippen molar-refractivity contribution in [3.63, 3.8) is 0 Å². The zero-order valence-corrected chi connectivity index (χ0v) is 20.8. The summed E-state index contributed by atoms with van der Waals surface area (Å²) in [5.41, 5.74) is 2.16. The largest absolute Gasteiger partial charge is 0.389 e. The number of hydrogen-bond acceptors (Lipinski definition) is 4. The number of carbonyl (C=O) groups is 1. The molecule has 0 spiro atoms. The smallest absolute Gasteiger partial charge is 0.231 e. The second-order valence-electron chi connectivity index (χ2n) is 8.04. The van der Waals surface area contributed by atoms with Crippen LogP contribution in [0.1, 0.15) is 51.5 Å². The lowest BCUT2D eigenvalue weighted by Gasteiger charge is -2.24. The van der Waals surface area contributed by atoms with E-state index < -0.39 is 6.10 Å². The molecule has 3 unspecified atom stereocenters. The fourth-order valence-corrected chi connectivity index (χ4v) is 6.73. The van der Waals surface area contributed by atoms with Crippen LogP contribution in [0.4, 0.5) is 0 Å². The molecule has 1 saturated heterocycles. The molecule has 0 bridgehead atoms. The van der Waals surface area contributed by atoms with Gasteiger partial charge in [-0.2, -0.15) is 0 Å². The van der Waals surface area contributed by atoms with Gasteiger partial charge in [0.25, 0.3) is 0 Å². The van der Waals surface area contributed by atoms with Gasteiger partial charge >= 0.3 is 0 Å². The number of unbranched alkanes of at least 4 members (excludes halogenated alkanes) is 2. The summed E-state index contributed by atoms with van der Waals surface area (Å²) in [7, 11) is 0.0918. The Hall–Kier alpha value is -0.953. The van der Waals surface area contributed by atoms with E-state index in [2.05, 4.69) is 26.0 Å². The van der Waals surface area contributed by atoms with Crippen LogP contribution in [0, 0.1) is 0 Å². The van der Waals surface area contributed by atoms with Gasteiger partial charge in [-0.1, -0.05) is 111 Å². The third-order valence-corrected chi connectivity index (χ3v) is 9.57. The highest BCUT2D eigenvalue weighted by atomic mass is 32.2. The van der Waals surface area contributed by atoms with Gasteiger partial charge in [-0.25, -0.2) is 0 Å². The maximum Gasteiger partial charge on any atom is 0.231 e. The molecule has 1 fully saturated rings. The monoisotopic (exact) mass is 449 g/mol. The first kappa shape index (κ1) is 24.3. The summed E-state index contributed by atoms with van der Waals surface area (Å²) in [4.78, 5) is 14.5. The Morgan fingerprint density at radius 2 is 2.14 bits per heavy atom. The lowest BCUT2D eigenvalue weighted by atomic mass is 10.1. The van der Waals surface area contributed by atoms with Crippen LogP contribution < -0.4 is 0 Å². The minimum absolute atomic E-state index is 0.0716. The molecule has 1 aromatic rings. The quantitative estimate of drug-likeness (QED) is 0.217. The molecule has 1 aromatic carbocycles. The Labute approximate surface area is 188 Å². The predicted molar refractivity (Wildman–Crippen MR) is 133 cm³/mol. The normalized spacial score (nSPS) is 19.5. The Bertz CT molecular complexity index is 668. The summed E-state index contributed by atoms with van der Waals surface area (Å²) in [6, 6.07) is 11.7. The fourth-order valence-electron chi connectivity index (χ4n) is 3.54. The van der Waals surface area contributed by atoms with Crippen LogP contribution in [-0.2, 0) is 11.2 Å². The SMILES string of the molecule is CCC(C)[SiH2]CCCCC=CC(O)CC(=O)N1C(=S)SCC1Cc1ccccc1. The van der Waals surface area contributed by atoms with Crippen LogP contribution in [0.5, 0.6) is 0 Å². The molecule has 29 heavy (non-hydrogen) atoms. The van der Waals surface area contributed by atoms with Gasteiger partial charge in [0, 0.05) is 15.3 Å². The van der Waals surface area contributed by atoms with Crippen molar-refractivity contribution in [1.82, 2.24) is 4.90 Å². The van der Waals surface area contributed by atoms with Gasteiger partial charge in [0.2, 0.25) is 5.91 Å². The number of rotatable bonds is 12. The summed E-state index contributed by atoms with van der Waals surface area (Å²) >= 11 is 6.97. The van der Waals surface area contributed by atoms with Gasteiger partial charge in [-0.05, 0) is 18.4 Å². The first-order valence-corrected chi connectivity index (χ1v) is 14.1. The highest BCUT2D eigenvalue weighted by Gasteiger charge is 2.34. The maximum atomic E-state index is 12.8. The zero-order chi connectivity index (χ0) is 21.1. The molecule has 1 N–H and O–H groups in total. The number of allylic oxidation sites excluding steroid dienone is 1. The highest BCUT2D eigenvalue weighted by molar-refractivity contribution is 8.23. The number of carbonyl (C=O) groups excluding carboxylic acids is 1. The predicted octanol–water partition coefficient (Wildman–Crippen LogP) is 4.74. The van der Waals surface area contributed by atoms with Crippen molar-refractivity contribution in [1.29, 1.82) is 0 Å². The molecule has 0 saturated carbocycles. The number of hydrogen-bond donors (Lipinski definition) is 1. The van der Waals surface area contributed by atoms with Crippen LogP contribution in [-0.4, -0.2) is 47.7 Å². The molecular formula is C23H35NO2S2Si. The molecular weight excluding hydrogens is 414 g/mol. The third kappa shape index (κ3) is 8.75. The number of benzene rings is 1. The van der Waals surface area contributed by atoms with Crippen molar-refractivity contribution in [2.75, 3.05) is 5.75 Å². The van der Waals surface area contributed by atoms with E-state index in [-0.39, 0.29) is 27.9 Å². The van der Waals surface area contributed by atoms with Gasteiger partial charge in [0.1, 0.15) is 4.32 Å². The average Bonchev–Trinajstić information content (AvgIpc) is 3.07. The van der Waals surface area contributed by atoms with Crippen LogP contribution in [0.3, 0.4) is 0 Å². The first-order chi connectivity index (χ1) is 14.0. The van der Waals surface area contributed by atoms with E-state index in [9.17, 15) is 9.90 Å². The van der Waals surface area contributed by atoms with Gasteiger partial charge in [0.05, 0.1) is 18.6 Å². The minimum atomic E-state index is -0.734. The molecule has 1 aliphatic rings. The maximum absolute atomic E-state index is 12.8. The van der Waals surface area contributed by atoms with E-state index >= 15 is 0 Å². The van der Waals surface area contributed by atoms with E-state index in [1.165, 1.54) is 30.9 Å². The van der Waals surface area contributed by atoms with E-state index in [0.717, 1.165) is 24.1 Å². The summed E-state index contributed by atoms with van der Waals surface area (Å²) in [5, 5.41) is 10.3. The van der Waals surface area contributed by atoms with Crippen molar-refractivity contribution < 1.29 is 9.90 Å². The molecule has 1 aliphatic heterocycles. The summed E-state index contributed by atoms with van der Waals surface area (Å²) in [6.45, 7) is 4.65. The molecule has 0 aliphatic carbocycles. The van der Waals surface area contributed by atoms with Crippen LogP contribution in [0.25, 0.3) is 0 Å². The zero-order valence-electron chi connectivity index (χ0n) is 17.8. The first-order valence-electron chi connectivity index (χ1n) is 10.9. The van der Waals surface area contributed by atoms with E-state index in [4.69, 9.17) is 12.2 Å². The molecule has 0 aromatic heterocycles. The van der Waals surface area contributed by atoms with E-state index in [1.807, 2.05) is 24.3 Å². The molecule has 1 heterocycles. The Balaban J connectivity index is 1.73. The van der Waals surface area contributed by atoms with Crippen LogP contribution >= 0.6 is 24.0 Å². The van der Waals surface area contributed by atoms with Crippen molar-refractivity contribution in [3.8, 4) is 0 Å². The minimum Gasteiger partial charge on any atom is -0.389 e. The Kier molecular flexibility index (Phi) is 11.2. The molecule has 6 heteroatoms. The molecule has 3 nitrogen and oxygen atoms in total. The topological polar surface area (TPSA) is 40.5 Å². The second kappa shape index (κ2) is 13.4. The molecule has 1 amide bonds. The van der Waals surface area contributed by atoms with Crippen molar-refractivity contribution in [3.05, 3.63) is 48.0 Å². The average molecular weight is 450 g/mol.